The predicted octanol–water partition coefficient (Wildman–Crippen LogP) is 2.80. The molecule has 4 aromatic heterocycles. The van der Waals surface area contributed by atoms with Crippen molar-refractivity contribution in [2.45, 2.75) is 13.0 Å². The highest BCUT2D eigenvalue weighted by Crippen LogP contribution is 2.31. The molecule has 0 aliphatic heterocycles. The Bertz CT molecular complexity index is 1180. The summed E-state index contributed by atoms with van der Waals surface area (Å²) in [4.78, 5) is 12.5. The lowest BCUT2D eigenvalue weighted by Gasteiger charge is -2.10. The lowest BCUT2D eigenvalue weighted by Crippen LogP contribution is -2.08. The van der Waals surface area contributed by atoms with Crippen molar-refractivity contribution in [1.29, 1.82) is 5.26 Å². The number of nitrogens with zero attached hydrogens (tertiary/aromatic N) is 7. The zero-order valence-electron chi connectivity index (χ0n) is 14.6. The van der Waals surface area contributed by atoms with E-state index in [1.54, 1.807) is 30.5 Å². The lowest BCUT2D eigenvalue weighted by molar-refractivity contribution is 0.127. The van der Waals surface area contributed by atoms with Crippen LogP contribution in [0.15, 0.2) is 43.0 Å². The van der Waals surface area contributed by atoms with Crippen molar-refractivity contribution < 1.29 is 13.5 Å². The van der Waals surface area contributed by atoms with E-state index in [1.165, 1.54) is 28.7 Å². The lowest BCUT2D eigenvalue weighted by atomic mass is 10.1. The van der Waals surface area contributed by atoms with Crippen molar-refractivity contribution in [3.8, 4) is 34.6 Å². The van der Waals surface area contributed by atoms with Crippen LogP contribution in [-0.4, -0.2) is 42.7 Å². The number of hydrogen-bond acceptors (Lipinski definition) is 6. The molecule has 140 valence electrons. The normalized spacial score (nSPS) is 11.1. The van der Waals surface area contributed by atoms with Crippen LogP contribution in [0, 0.1) is 11.3 Å². The molecule has 0 amide bonds. The Hall–Kier alpha value is -3.87. The van der Waals surface area contributed by atoms with Crippen molar-refractivity contribution in [2.24, 2.45) is 0 Å². The molecule has 4 aromatic rings. The maximum atomic E-state index is 13.1. The van der Waals surface area contributed by atoms with Gasteiger partial charge in [-0.1, -0.05) is 0 Å². The number of aromatic nitrogens is 6. The van der Waals surface area contributed by atoms with E-state index in [2.05, 4.69) is 20.1 Å². The number of fused-ring (bicyclic) bond motifs is 1. The Morgan fingerprint density at radius 1 is 1.14 bits per heavy atom. The van der Waals surface area contributed by atoms with Gasteiger partial charge in [-0.15, -0.1) is 0 Å². The van der Waals surface area contributed by atoms with Crippen LogP contribution in [0.1, 0.15) is 5.69 Å². The van der Waals surface area contributed by atoms with E-state index in [1.807, 2.05) is 6.07 Å². The van der Waals surface area contributed by atoms with E-state index < -0.39 is 13.0 Å². The van der Waals surface area contributed by atoms with Gasteiger partial charge < -0.3 is 9.30 Å². The van der Waals surface area contributed by atoms with Gasteiger partial charge in [0.25, 0.3) is 6.43 Å². The fourth-order valence-corrected chi connectivity index (χ4v) is 2.87. The third-order valence-electron chi connectivity index (χ3n) is 4.11. The summed E-state index contributed by atoms with van der Waals surface area (Å²) in [6, 6.07) is 8.72. The first-order chi connectivity index (χ1) is 13.6. The van der Waals surface area contributed by atoms with Gasteiger partial charge in [-0.25, -0.2) is 28.2 Å². The smallest absolute Gasteiger partial charge is 0.256 e. The van der Waals surface area contributed by atoms with Gasteiger partial charge in [-0.2, -0.15) is 10.4 Å². The molecule has 0 saturated heterocycles. The van der Waals surface area contributed by atoms with E-state index in [4.69, 9.17) is 4.74 Å². The minimum atomic E-state index is -2.57. The number of ether oxygens (including phenoxy) is 1. The maximum absolute atomic E-state index is 13.1. The van der Waals surface area contributed by atoms with E-state index in [-0.39, 0.29) is 5.69 Å². The molecule has 0 bridgehead atoms. The summed E-state index contributed by atoms with van der Waals surface area (Å²) in [5.74, 6) is 0.425. The van der Waals surface area contributed by atoms with E-state index in [0.29, 0.717) is 34.2 Å². The molecule has 0 unspecified atom stereocenters. The van der Waals surface area contributed by atoms with E-state index in [0.717, 1.165) is 0 Å². The van der Waals surface area contributed by atoms with Crippen LogP contribution in [0.3, 0.4) is 0 Å². The summed E-state index contributed by atoms with van der Waals surface area (Å²) < 4.78 is 33.9. The van der Waals surface area contributed by atoms with Crippen molar-refractivity contribution in [2.75, 3.05) is 7.11 Å². The van der Waals surface area contributed by atoms with Crippen LogP contribution in [0.2, 0.25) is 0 Å². The number of nitriles is 1. The molecule has 0 saturated carbocycles. The highest BCUT2D eigenvalue weighted by molar-refractivity contribution is 5.76. The zero-order chi connectivity index (χ0) is 19.7. The third kappa shape index (κ3) is 3.03. The quantitative estimate of drug-likeness (QED) is 0.528. The largest absolute Gasteiger partial charge is 0.481 e. The second-order valence-electron chi connectivity index (χ2n) is 5.82. The van der Waals surface area contributed by atoms with Crippen LogP contribution < -0.4 is 4.74 Å². The first-order valence-corrected chi connectivity index (χ1v) is 8.19. The number of alkyl halides is 2. The van der Waals surface area contributed by atoms with Crippen molar-refractivity contribution >= 4 is 5.65 Å². The fourth-order valence-electron chi connectivity index (χ4n) is 2.87. The number of methoxy groups -OCH3 is 1. The molecule has 0 fully saturated rings. The topological polar surface area (TPSA) is 93.9 Å². The van der Waals surface area contributed by atoms with Gasteiger partial charge in [-0.05, 0) is 18.2 Å². The van der Waals surface area contributed by atoms with Gasteiger partial charge in [-0.3, -0.25) is 0 Å². The Morgan fingerprint density at radius 2 is 2.00 bits per heavy atom. The van der Waals surface area contributed by atoms with Crippen LogP contribution in [0.5, 0.6) is 5.88 Å². The maximum Gasteiger partial charge on any atom is 0.256 e. The van der Waals surface area contributed by atoms with E-state index in [9.17, 15) is 14.0 Å². The summed E-state index contributed by atoms with van der Waals surface area (Å²) >= 11 is 0. The molecule has 0 aliphatic carbocycles. The van der Waals surface area contributed by atoms with Crippen LogP contribution >= 0.6 is 0 Å². The Labute approximate surface area is 157 Å². The number of rotatable bonds is 5. The molecule has 0 N–H and O–H groups in total. The molecular formula is C18H13F2N7O. The molecule has 28 heavy (non-hydrogen) atoms. The first-order valence-electron chi connectivity index (χ1n) is 8.19. The number of halogens is 2. The zero-order valence-corrected chi connectivity index (χ0v) is 14.6. The Morgan fingerprint density at radius 3 is 2.68 bits per heavy atom. The summed E-state index contributed by atoms with van der Waals surface area (Å²) in [6.45, 7) is -0.541. The van der Waals surface area contributed by atoms with Gasteiger partial charge in [0.05, 0.1) is 37.6 Å². The number of imidazole rings is 2. The van der Waals surface area contributed by atoms with E-state index >= 15 is 0 Å². The van der Waals surface area contributed by atoms with Crippen molar-refractivity contribution in [1.82, 2.24) is 29.1 Å². The van der Waals surface area contributed by atoms with Gasteiger partial charge in [0.1, 0.15) is 11.8 Å². The summed E-state index contributed by atoms with van der Waals surface area (Å²) in [6.07, 6.45) is 1.72. The molecule has 0 aromatic carbocycles. The average molecular weight is 381 g/mol. The summed E-state index contributed by atoms with van der Waals surface area (Å²) in [7, 11) is 1.50. The summed E-state index contributed by atoms with van der Waals surface area (Å²) in [5.41, 5.74) is 2.56. The first kappa shape index (κ1) is 17.5. The molecule has 4 heterocycles. The molecule has 10 heteroatoms. The molecule has 8 nitrogen and oxygen atoms in total. The SMILES string of the molecule is COc1ccc(-c2ncn(CC(F)F)c2-c2ccc3ncc(C#N)n3n2)cn1. The summed E-state index contributed by atoms with van der Waals surface area (Å²) in [5, 5.41) is 13.6. The fraction of sp³-hybridized carbons (Fsp3) is 0.167. The third-order valence-corrected chi connectivity index (χ3v) is 4.11. The molecule has 0 radical (unpaired) electrons. The van der Waals surface area contributed by atoms with Crippen molar-refractivity contribution in [3.63, 3.8) is 0 Å². The van der Waals surface area contributed by atoms with Crippen LogP contribution in [0.25, 0.3) is 28.3 Å². The number of hydrogen-bond donors (Lipinski definition) is 0. The second-order valence-corrected chi connectivity index (χ2v) is 5.82. The van der Waals surface area contributed by atoms with Crippen LogP contribution in [0.4, 0.5) is 8.78 Å². The standard InChI is InChI=1S/C18H13F2N7O/c1-28-16-5-2-11(7-23-16)17-18(26(10-24-17)9-14(19)20)13-3-4-15-22-8-12(6-21)27(15)25-13/h2-5,7-8,10,14H,9H2,1H3. The van der Waals surface area contributed by atoms with Gasteiger partial charge in [0, 0.05) is 17.8 Å². The molecule has 4 rings (SSSR count). The Kier molecular flexibility index (Phi) is 4.41. The molecule has 0 spiro atoms. The van der Waals surface area contributed by atoms with Crippen molar-refractivity contribution in [3.05, 3.63) is 48.7 Å². The highest BCUT2D eigenvalue weighted by atomic mass is 19.3. The Balaban J connectivity index is 1.90. The van der Waals surface area contributed by atoms with Gasteiger partial charge in [0.15, 0.2) is 11.3 Å². The highest BCUT2D eigenvalue weighted by Gasteiger charge is 2.20. The monoisotopic (exact) mass is 381 g/mol. The molecule has 0 atom stereocenters. The van der Waals surface area contributed by atoms with Gasteiger partial charge >= 0.3 is 0 Å². The number of pyridine rings is 1. The molecule has 0 aliphatic rings. The average Bonchev–Trinajstić information content (AvgIpc) is 3.30. The minimum absolute atomic E-state index is 0.240. The minimum Gasteiger partial charge on any atom is -0.481 e. The van der Waals surface area contributed by atoms with Gasteiger partial charge in [0.2, 0.25) is 5.88 Å². The predicted molar refractivity (Wildman–Crippen MR) is 94.7 cm³/mol. The van der Waals surface area contributed by atoms with Crippen LogP contribution in [-0.2, 0) is 6.54 Å². The second kappa shape index (κ2) is 7.03. The molecular weight excluding hydrogens is 368 g/mol.